The molecule has 0 radical (unpaired) electrons. The number of pyridine rings is 1. The Morgan fingerprint density at radius 2 is 1.95 bits per heavy atom. The highest BCUT2D eigenvalue weighted by Gasteiger charge is 2.12. The number of oxime groups is 1. The van der Waals surface area contributed by atoms with Gasteiger partial charge < -0.3 is 16.3 Å². The zero-order valence-corrected chi connectivity index (χ0v) is 10.6. The number of anilines is 1. The maximum Gasteiger partial charge on any atom is 0.194 e. The number of rotatable bonds is 4. The molecule has 0 saturated carbocycles. The van der Waals surface area contributed by atoms with E-state index in [2.05, 4.69) is 15.5 Å². The van der Waals surface area contributed by atoms with Crippen LogP contribution in [0.1, 0.15) is 11.3 Å². The summed E-state index contributed by atoms with van der Waals surface area (Å²) in [6.45, 7) is 0.101. The van der Waals surface area contributed by atoms with Gasteiger partial charge >= 0.3 is 0 Å². The van der Waals surface area contributed by atoms with Gasteiger partial charge in [-0.3, -0.25) is 4.98 Å². The minimum Gasteiger partial charge on any atom is -0.409 e. The average molecular weight is 296 g/mol. The Bertz CT molecular complexity index is 668. The van der Waals surface area contributed by atoms with Crippen molar-refractivity contribution in [1.29, 1.82) is 0 Å². The van der Waals surface area contributed by atoms with Crippen LogP contribution in [0.15, 0.2) is 35.6 Å². The Morgan fingerprint density at radius 3 is 2.57 bits per heavy atom. The van der Waals surface area contributed by atoms with E-state index in [1.165, 1.54) is 6.20 Å². The average Bonchev–Trinajstić information content (AvgIpc) is 2.50. The van der Waals surface area contributed by atoms with Gasteiger partial charge in [0.15, 0.2) is 23.3 Å². The van der Waals surface area contributed by atoms with Crippen LogP contribution >= 0.6 is 0 Å². The van der Waals surface area contributed by atoms with Crippen molar-refractivity contribution < 1.29 is 18.4 Å². The predicted molar refractivity (Wildman–Crippen MR) is 70.4 cm³/mol. The first-order valence-corrected chi connectivity index (χ1v) is 5.83. The minimum absolute atomic E-state index is 0.0562. The Balaban J connectivity index is 2.21. The number of benzene rings is 1. The molecule has 0 saturated heterocycles. The molecule has 8 heteroatoms. The number of nitrogens with zero attached hydrogens (tertiary/aromatic N) is 2. The summed E-state index contributed by atoms with van der Waals surface area (Å²) >= 11 is 0. The highest BCUT2D eigenvalue weighted by Crippen LogP contribution is 2.18. The third-order valence-corrected chi connectivity index (χ3v) is 2.71. The topological polar surface area (TPSA) is 83.5 Å². The van der Waals surface area contributed by atoms with E-state index >= 15 is 0 Å². The van der Waals surface area contributed by atoms with E-state index in [1.54, 1.807) is 12.1 Å². The molecule has 0 unspecified atom stereocenters. The molecule has 0 aliphatic rings. The first-order chi connectivity index (χ1) is 10.0. The number of hydrogen-bond donors (Lipinski definition) is 3. The fraction of sp³-hybridized carbons (Fsp3) is 0.0769. The molecule has 21 heavy (non-hydrogen) atoms. The van der Waals surface area contributed by atoms with E-state index < -0.39 is 17.5 Å². The molecule has 1 aromatic heterocycles. The monoisotopic (exact) mass is 296 g/mol. The van der Waals surface area contributed by atoms with Crippen LogP contribution in [-0.4, -0.2) is 16.0 Å². The summed E-state index contributed by atoms with van der Waals surface area (Å²) in [5.74, 6) is -4.30. The number of nitrogens with one attached hydrogen (secondary N) is 1. The van der Waals surface area contributed by atoms with Crippen LogP contribution in [-0.2, 0) is 6.54 Å². The summed E-state index contributed by atoms with van der Waals surface area (Å²) < 4.78 is 39.0. The zero-order valence-electron chi connectivity index (χ0n) is 10.6. The molecule has 0 fully saturated rings. The van der Waals surface area contributed by atoms with Crippen LogP contribution in [0.2, 0.25) is 0 Å². The molecule has 2 rings (SSSR count). The molecule has 1 heterocycles. The molecule has 0 spiro atoms. The largest absolute Gasteiger partial charge is 0.409 e. The molecule has 5 nitrogen and oxygen atoms in total. The summed E-state index contributed by atoms with van der Waals surface area (Å²) in [5.41, 5.74) is 6.30. The van der Waals surface area contributed by atoms with Gasteiger partial charge in [0.25, 0.3) is 0 Å². The van der Waals surface area contributed by atoms with Crippen LogP contribution in [0.5, 0.6) is 0 Å². The highest BCUT2D eigenvalue weighted by molar-refractivity contribution is 5.96. The van der Waals surface area contributed by atoms with E-state index in [0.29, 0.717) is 5.56 Å². The molecule has 0 atom stereocenters. The zero-order chi connectivity index (χ0) is 15.4. The lowest BCUT2D eigenvalue weighted by atomic mass is 10.1. The lowest BCUT2D eigenvalue weighted by molar-refractivity contribution is 0.318. The second-order valence-electron chi connectivity index (χ2n) is 4.10. The van der Waals surface area contributed by atoms with Gasteiger partial charge in [0, 0.05) is 36.1 Å². The molecule has 0 aliphatic carbocycles. The lowest BCUT2D eigenvalue weighted by Crippen LogP contribution is -2.18. The summed E-state index contributed by atoms with van der Waals surface area (Å²) in [6, 6.07) is 4.93. The molecule has 2 aromatic rings. The Morgan fingerprint density at radius 1 is 1.29 bits per heavy atom. The number of aromatic nitrogens is 1. The van der Waals surface area contributed by atoms with Crippen LogP contribution in [0.3, 0.4) is 0 Å². The van der Waals surface area contributed by atoms with Gasteiger partial charge in [-0.25, -0.2) is 13.2 Å². The van der Waals surface area contributed by atoms with Gasteiger partial charge in [-0.05, 0) is 6.07 Å². The van der Waals surface area contributed by atoms with Crippen molar-refractivity contribution in [3.8, 4) is 0 Å². The Hall–Kier alpha value is -2.77. The maximum absolute atomic E-state index is 13.1. The Kier molecular flexibility index (Phi) is 4.27. The van der Waals surface area contributed by atoms with E-state index in [4.69, 9.17) is 10.9 Å². The Labute approximate surface area is 117 Å². The second-order valence-corrected chi connectivity index (χ2v) is 4.10. The first kappa shape index (κ1) is 14.6. The van der Waals surface area contributed by atoms with Crippen molar-refractivity contribution in [1.82, 2.24) is 4.98 Å². The van der Waals surface area contributed by atoms with Crippen molar-refractivity contribution in [2.24, 2.45) is 10.9 Å². The fourth-order valence-electron chi connectivity index (χ4n) is 1.71. The molecule has 0 bridgehead atoms. The van der Waals surface area contributed by atoms with Gasteiger partial charge in [0.05, 0.1) is 0 Å². The van der Waals surface area contributed by atoms with Crippen molar-refractivity contribution in [3.05, 3.63) is 59.2 Å². The number of hydrogen-bond acceptors (Lipinski definition) is 4. The number of halogens is 3. The highest BCUT2D eigenvalue weighted by atomic mass is 19.2. The molecular formula is C13H11F3N4O. The van der Waals surface area contributed by atoms with E-state index in [1.807, 2.05) is 0 Å². The molecule has 1 aromatic carbocycles. The molecule has 4 N–H and O–H groups in total. The smallest absolute Gasteiger partial charge is 0.194 e. The van der Waals surface area contributed by atoms with Gasteiger partial charge in [-0.1, -0.05) is 11.2 Å². The normalized spacial score (nSPS) is 11.5. The third kappa shape index (κ3) is 3.22. The van der Waals surface area contributed by atoms with Crippen molar-refractivity contribution >= 4 is 11.5 Å². The standard InChI is InChI=1S/C13H11F3N4O/c14-9-4-8(5-10(15)11(9)16)19-6-7-2-1-3-18-12(7)13(17)20-21/h1-5,19,21H,6H2,(H2,17,20). The molecule has 0 amide bonds. The second kappa shape index (κ2) is 6.12. The summed E-state index contributed by atoms with van der Waals surface area (Å²) in [5, 5.41) is 14.2. The van der Waals surface area contributed by atoms with Crippen molar-refractivity contribution in [2.75, 3.05) is 5.32 Å². The number of nitrogens with two attached hydrogens (primary N) is 1. The first-order valence-electron chi connectivity index (χ1n) is 5.83. The molecule has 110 valence electrons. The van der Waals surface area contributed by atoms with E-state index in [-0.39, 0.29) is 23.8 Å². The summed E-state index contributed by atoms with van der Waals surface area (Å²) in [4.78, 5) is 3.95. The fourth-order valence-corrected chi connectivity index (χ4v) is 1.71. The third-order valence-electron chi connectivity index (χ3n) is 2.71. The molecule has 0 aliphatic heterocycles. The SMILES string of the molecule is NC(=NO)c1ncccc1CNc1cc(F)c(F)c(F)c1. The van der Waals surface area contributed by atoms with Crippen molar-refractivity contribution in [3.63, 3.8) is 0 Å². The van der Waals surface area contributed by atoms with Crippen LogP contribution < -0.4 is 11.1 Å². The van der Waals surface area contributed by atoms with Crippen LogP contribution in [0.4, 0.5) is 18.9 Å². The van der Waals surface area contributed by atoms with Crippen molar-refractivity contribution in [2.45, 2.75) is 6.54 Å². The molecular weight excluding hydrogens is 285 g/mol. The summed E-state index contributed by atoms with van der Waals surface area (Å²) in [6.07, 6.45) is 1.45. The minimum atomic E-state index is -1.53. The van der Waals surface area contributed by atoms with Gasteiger partial charge in [0.2, 0.25) is 0 Å². The predicted octanol–water partition coefficient (Wildman–Crippen LogP) is 2.21. The van der Waals surface area contributed by atoms with Crippen LogP contribution in [0.25, 0.3) is 0 Å². The van der Waals surface area contributed by atoms with E-state index in [0.717, 1.165) is 12.1 Å². The van der Waals surface area contributed by atoms with Crippen LogP contribution in [0, 0.1) is 17.5 Å². The van der Waals surface area contributed by atoms with Gasteiger partial charge in [-0.2, -0.15) is 0 Å². The quantitative estimate of drug-likeness (QED) is 0.265. The van der Waals surface area contributed by atoms with E-state index in [9.17, 15) is 13.2 Å². The van der Waals surface area contributed by atoms with Gasteiger partial charge in [-0.15, -0.1) is 0 Å². The number of amidine groups is 1. The van der Waals surface area contributed by atoms with Gasteiger partial charge in [0.1, 0.15) is 5.69 Å². The lowest BCUT2D eigenvalue weighted by Gasteiger charge is -2.10. The maximum atomic E-state index is 13.1. The summed E-state index contributed by atoms with van der Waals surface area (Å²) in [7, 11) is 0.